The predicted octanol–water partition coefficient (Wildman–Crippen LogP) is 4.28. The largest absolute Gasteiger partial charge is 0.454 e. The quantitative estimate of drug-likeness (QED) is 0.295. The molecule has 0 bridgehead atoms. The highest BCUT2D eigenvalue weighted by Crippen LogP contribution is 2.24. The Labute approximate surface area is 194 Å². The van der Waals surface area contributed by atoms with Crippen LogP contribution >= 0.6 is 23.4 Å². The predicted molar refractivity (Wildman–Crippen MR) is 122 cm³/mol. The Bertz CT molecular complexity index is 1200. The van der Waals surface area contributed by atoms with E-state index in [9.17, 15) is 14.4 Å². The molecule has 3 aromatic rings. The Morgan fingerprint density at radius 3 is 2.59 bits per heavy atom. The van der Waals surface area contributed by atoms with E-state index in [0.29, 0.717) is 27.0 Å². The van der Waals surface area contributed by atoms with Crippen molar-refractivity contribution in [3.8, 4) is 5.69 Å². The average molecular weight is 475 g/mol. The van der Waals surface area contributed by atoms with Gasteiger partial charge in [-0.15, -0.1) is 10.2 Å². The summed E-state index contributed by atoms with van der Waals surface area (Å²) in [5, 5.41) is 9.04. The molecule has 2 aromatic heterocycles. The number of carbonyl (C=O) groups is 3. The van der Waals surface area contributed by atoms with Gasteiger partial charge in [-0.25, -0.2) is 0 Å². The van der Waals surface area contributed by atoms with Gasteiger partial charge < -0.3 is 9.72 Å². The first-order valence-electron chi connectivity index (χ1n) is 9.83. The van der Waals surface area contributed by atoms with Gasteiger partial charge in [-0.3, -0.25) is 19.0 Å². The summed E-state index contributed by atoms with van der Waals surface area (Å²) < 4.78 is 7.03. The third-order valence-corrected chi connectivity index (χ3v) is 6.31. The van der Waals surface area contributed by atoms with Gasteiger partial charge in [0.05, 0.1) is 17.1 Å². The van der Waals surface area contributed by atoms with Crippen LogP contribution in [0.25, 0.3) is 5.69 Å². The SMILES string of the molecule is CC(=O)c1c(C)[nH]c(C(=O)C(C)OC(=O)CSc2nncn2-c2ccc(C)c(Cl)c2)c1C. The van der Waals surface area contributed by atoms with Gasteiger partial charge in [0.15, 0.2) is 17.0 Å². The smallest absolute Gasteiger partial charge is 0.317 e. The Hall–Kier alpha value is -2.91. The number of ketones is 2. The summed E-state index contributed by atoms with van der Waals surface area (Å²) in [7, 11) is 0. The Kier molecular flexibility index (Phi) is 7.20. The molecule has 1 aromatic carbocycles. The molecule has 1 unspecified atom stereocenters. The van der Waals surface area contributed by atoms with Gasteiger partial charge in [-0.2, -0.15) is 0 Å². The molecule has 0 saturated carbocycles. The number of aryl methyl sites for hydroxylation is 2. The number of H-pyrrole nitrogens is 1. The Morgan fingerprint density at radius 1 is 1.25 bits per heavy atom. The normalized spacial score (nSPS) is 11.9. The number of aromatic nitrogens is 4. The number of hydrogen-bond acceptors (Lipinski definition) is 7. The van der Waals surface area contributed by atoms with E-state index in [1.165, 1.54) is 20.2 Å². The first-order chi connectivity index (χ1) is 15.1. The van der Waals surface area contributed by atoms with E-state index in [1.807, 2.05) is 19.1 Å². The number of Topliss-reactive ketones (excluding diaryl/α,β-unsaturated/α-hetero) is 2. The highest BCUT2D eigenvalue weighted by Gasteiger charge is 2.26. The average Bonchev–Trinajstić information content (AvgIpc) is 3.31. The van der Waals surface area contributed by atoms with Crippen LogP contribution in [0.4, 0.5) is 0 Å². The lowest BCUT2D eigenvalue weighted by Crippen LogP contribution is -2.26. The van der Waals surface area contributed by atoms with Gasteiger partial charge in [0, 0.05) is 16.3 Å². The lowest BCUT2D eigenvalue weighted by molar-refractivity contribution is -0.143. The fourth-order valence-corrected chi connectivity index (χ4v) is 4.25. The van der Waals surface area contributed by atoms with Gasteiger partial charge in [0.1, 0.15) is 6.33 Å². The van der Waals surface area contributed by atoms with Crippen LogP contribution in [0.2, 0.25) is 5.02 Å². The standard InChI is InChI=1S/C22H23ClN4O4S/c1-11-6-7-16(8-17(11)23)27-10-24-26-22(27)32-9-18(29)31-15(5)21(30)20-12(2)19(14(4)28)13(3)25-20/h6-8,10,15,25H,9H2,1-5H3. The van der Waals surface area contributed by atoms with Crippen molar-refractivity contribution in [2.45, 2.75) is 45.9 Å². The number of carbonyl (C=O) groups excluding carboxylic acids is 3. The number of benzene rings is 1. The van der Waals surface area contributed by atoms with E-state index < -0.39 is 17.9 Å². The molecule has 32 heavy (non-hydrogen) atoms. The molecule has 3 rings (SSSR count). The molecule has 0 aliphatic carbocycles. The highest BCUT2D eigenvalue weighted by atomic mass is 35.5. The van der Waals surface area contributed by atoms with Crippen LogP contribution in [0, 0.1) is 20.8 Å². The molecular formula is C22H23ClN4O4S. The molecule has 1 atom stereocenters. The maximum absolute atomic E-state index is 12.8. The summed E-state index contributed by atoms with van der Waals surface area (Å²) in [6, 6.07) is 5.55. The first-order valence-corrected chi connectivity index (χ1v) is 11.2. The van der Waals surface area contributed by atoms with Crippen LogP contribution in [-0.4, -0.2) is 49.1 Å². The zero-order chi connectivity index (χ0) is 23.6. The summed E-state index contributed by atoms with van der Waals surface area (Å²) in [5.41, 5.74) is 3.64. The summed E-state index contributed by atoms with van der Waals surface area (Å²) in [6.07, 6.45) is 0.525. The molecule has 168 valence electrons. The van der Waals surface area contributed by atoms with Gasteiger partial charge in [-0.1, -0.05) is 29.4 Å². The monoisotopic (exact) mass is 474 g/mol. The van der Waals surface area contributed by atoms with E-state index in [1.54, 1.807) is 24.5 Å². The zero-order valence-electron chi connectivity index (χ0n) is 18.4. The number of thioether (sulfide) groups is 1. The van der Waals surface area contributed by atoms with Gasteiger partial charge in [0.2, 0.25) is 5.78 Å². The van der Waals surface area contributed by atoms with Crippen molar-refractivity contribution < 1.29 is 19.1 Å². The van der Waals surface area contributed by atoms with Crippen molar-refractivity contribution >= 4 is 40.9 Å². The van der Waals surface area contributed by atoms with Crippen LogP contribution in [0.3, 0.4) is 0 Å². The number of hydrogen-bond donors (Lipinski definition) is 1. The third kappa shape index (κ3) is 4.94. The van der Waals surface area contributed by atoms with Crippen molar-refractivity contribution in [3.05, 3.63) is 57.6 Å². The van der Waals surface area contributed by atoms with E-state index in [2.05, 4.69) is 15.2 Å². The van der Waals surface area contributed by atoms with Crippen LogP contribution in [0.5, 0.6) is 0 Å². The maximum Gasteiger partial charge on any atom is 0.317 e. The van der Waals surface area contributed by atoms with Crippen molar-refractivity contribution in [1.82, 2.24) is 19.7 Å². The van der Waals surface area contributed by atoms with Crippen LogP contribution in [0.15, 0.2) is 29.7 Å². The van der Waals surface area contributed by atoms with Crippen molar-refractivity contribution in [2.75, 3.05) is 5.75 Å². The molecule has 8 nitrogen and oxygen atoms in total. The van der Waals surface area contributed by atoms with Crippen LogP contribution < -0.4 is 0 Å². The lowest BCUT2D eigenvalue weighted by atomic mass is 10.0. The number of nitrogens with zero attached hydrogens (tertiary/aromatic N) is 3. The lowest BCUT2D eigenvalue weighted by Gasteiger charge is -2.12. The highest BCUT2D eigenvalue weighted by molar-refractivity contribution is 7.99. The Balaban J connectivity index is 1.64. The molecule has 0 saturated heterocycles. The van der Waals surface area contributed by atoms with Crippen molar-refractivity contribution in [3.63, 3.8) is 0 Å². The molecule has 10 heteroatoms. The number of esters is 1. The van der Waals surface area contributed by atoms with E-state index in [-0.39, 0.29) is 17.2 Å². The third-order valence-electron chi connectivity index (χ3n) is 4.98. The number of rotatable bonds is 8. The molecule has 0 fully saturated rings. The van der Waals surface area contributed by atoms with E-state index in [4.69, 9.17) is 16.3 Å². The van der Waals surface area contributed by atoms with Crippen molar-refractivity contribution in [1.29, 1.82) is 0 Å². The van der Waals surface area contributed by atoms with Gasteiger partial charge >= 0.3 is 5.97 Å². The van der Waals surface area contributed by atoms with E-state index >= 15 is 0 Å². The second-order valence-electron chi connectivity index (χ2n) is 7.38. The second-order valence-corrected chi connectivity index (χ2v) is 8.73. The fraction of sp³-hybridized carbons (Fsp3) is 0.318. The van der Waals surface area contributed by atoms with Crippen molar-refractivity contribution in [2.24, 2.45) is 0 Å². The Morgan fingerprint density at radius 2 is 1.97 bits per heavy atom. The van der Waals surface area contributed by atoms with Crippen LogP contribution in [0.1, 0.15) is 51.5 Å². The number of aromatic amines is 1. The molecule has 0 aliphatic heterocycles. The number of nitrogens with one attached hydrogen (secondary N) is 1. The summed E-state index contributed by atoms with van der Waals surface area (Å²) in [6.45, 7) is 8.28. The minimum absolute atomic E-state index is 0.0582. The topological polar surface area (TPSA) is 107 Å². The zero-order valence-corrected chi connectivity index (χ0v) is 19.9. The molecule has 0 radical (unpaired) electrons. The maximum atomic E-state index is 12.8. The summed E-state index contributed by atoms with van der Waals surface area (Å²) in [4.78, 5) is 39.8. The summed E-state index contributed by atoms with van der Waals surface area (Å²) >= 11 is 7.34. The van der Waals surface area contributed by atoms with E-state index in [0.717, 1.165) is 23.0 Å². The first kappa shape index (κ1) is 23.7. The molecule has 0 spiro atoms. The minimum atomic E-state index is -1.01. The van der Waals surface area contributed by atoms with Gasteiger partial charge in [0.25, 0.3) is 0 Å². The number of halogens is 1. The second kappa shape index (κ2) is 9.70. The molecule has 2 heterocycles. The fourth-order valence-electron chi connectivity index (χ4n) is 3.37. The van der Waals surface area contributed by atoms with Gasteiger partial charge in [-0.05, 0) is 57.9 Å². The van der Waals surface area contributed by atoms with Crippen LogP contribution in [-0.2, 0) is 9.53 Å². The minimum Gasteiger partial charge on any atom is -0.454 e. The molecular weight excluding hydrogens is 452 g/mol. The summed E-state index contributed by atoms with van der Waals surface area (Å²) in [5.74, 6) is -1.15. The molecule has 1 N–H and O–H groups in total. The molecule has 0 aliphatic rings. The molecule has 0 amide bonds. The number of ether oxygens (including phenoxy) is 1.